The van der Waals surface area contributed by atoms with Crippen LogP contribution < -0.4 is 5.32 Å². The lowest BCUT2D eigenvalue weighted by Crippen LogP contribution is -2.31. The van der Waals surface area contributed by atoms with Gasteiger partial charge in [0.2, 0.25) is 0 Å². The number of anilines is 1. The van der Waals surface area contributed by atoms with Crippen molar-refractivity contribution < 1.29 is 0 Å². The van der Waals surface area contributed by atoms with Crippen molar-refractivity contribution in [1.82, 2.24) is 4.98 Å². The summed E-state index contributed by atoms with van der Waals surface area (Å²) in [4.78, 5) is 4.52. The lowest BCUT2D eigenvalue weighted by atomic mass is 9.80. The van der Waals surface area contributed by atoms with Crippen molar-refractivity contribution in [3.8, 4) is 6.07 Å². The fraction of sp³-hybridized carbons (Fsp3) is 0.625. The van der Waals surface area contributed by atoms with Crippen molar-refractivity contribution in [2.75, 3.05) is 5.32 Å². The molecular formula is C16H23N3. The van der Waals surface area contributed by atoms with Gasteiger partial charge in [-0.05, 0) is 56.6 Å². The van der Waals surface area contributed by atoms with Crippen molar-refractivity contribution in [1.29, 1.82) is 5.26 Å². The molecule has 19 heavy (non-hydrogen) atoms. The number of hydrogen-bond donors (Lipinski definition) is 1. The van der Waals surface area contributed by atoms with E-state index < -0.39 is 0 Å². The zero-order valence-electron chi connectivity index (χ0n) is 12.3. The molecule has 0 saturated heterocycles. The number of aryl methyl sites for hydroxylation is 2. The van der Waals surface area contributed by atoms with Crippen molar-refractivity contribution in [2.45, 2.75) is 53.0 Å². The number of rotatable bonds is 2. The molecule has 0 spiro atoms. The molecule has 1 saturated carbocycles. The number of nitriles is 1. The van der Waals surface area contributed by atoms with Crippen molar-refractivity contribution in [2.24, 2.45) is 11.8 Å². The van der Waals surface area contributed by atoms with Crippen LogP contribution in [0.5, 0.6) is 0 Å². The van der Waals surface area contributed by atoms with E-state index in [1.807, 2.05) is 19.9 Å². The van der Waals surface area contributed by atoms with Gasteiger partial charge in [-0.15, -0.1) is 0 Å². The van der Waals surface area contributed by atoms with Gasteiger partial charge < -0.3 is 5.32 Å². The summed E-state index contributed by atoms with van der Waals surface area (Å²) >= 11 is 0. The SMILES string of the molecule is Cc1cc(C)c(C#N)c(NC2CC(C)CC(C)C2)n1. The van der Waals surface area contributed by atoms with Gasteiger partial charge in [-0.3, -0.25) is 0 Å². The molecule has 0 aromatic carbocycles. The van der Waals surface area contributed by atoms with E-state index in [0.717, 1.165) is 28.9 Å². The summed E-state index contributed by atoms with van der Waals surface area (Å²) < 4.78 is 0. The third-order valence-electron chi connectivity index (χ3n) is 3.98. The first-order chi connectivity index (χ1) is 8.99. The first-order valence-electron chi connectivity index (χ1n) is 7.14. The highest BCUT2D eigenvalue weighted by molar-refractivity contribution is 5.56. The normalized spacial score (nSPS) is 26.8. The topological polar surface area (TPSA) is 48.7 Å². The average Bonchev–Trinajstić information content (AvgIpc) is 2.26. The lowest BCUT2D eigenvalue weighted by Gasteiger charge is -2.32. The molecule has 0 aliphatic heterocycles. The van der Waals surface area contributed by atoms with Gasteiger partial charge in [-0.1, -0.05) is 13.8 Å². The summed E-state index contributed by atoms with van der Waals surface area (Å²) in [6.07, 6.45) is 3.65. The molecule has 2 rings (SSSR count). The van der Waals surface area contributed by atoms with Gasteiger partial charge in [0.05, 0.1) is 5.56 Å². The van der Waals surface area contributed by atoms with E-state index in [0.29, 0.717) is 11.6 Å². The number of aromatic nitrogens is 1. The summed E-state index contributed by atoms with van der Waals surface area (Å²) in [5.74, 6) is 2.27. The average molecular weight is 257 g/mol. The monoisotopic (exact) mass is 257 g/mol. The van der Waals surface area contributed by atoms with Crippen molar-refractivity contribution in [3.63, 3.8) is 0 Å². The fourth-order valence-corrected chi connectivity index (χ4v) is 3.34. The molecule has 3 nitrogen and oxygen atoms in total. The molecule has 0 radical (unpaired) electrons. The Balaban J connectivity index is 2.21. The molecule has 0 bridgehead atoms. The second-order valence-electron chi connectivity index (χ2n) is 6.17. The van der Waals surface area contributed by atoms with E-state index in [4.69, 9.17) is 0 Å². The Hall–Kier alpha value is -1.56. The summed E-state index contributed by atoms with van der Waals surface area (Å²) in [5.41, 5.74) is 2.67. The molecule has 102 valence electrons. The molecule has 2 unspecified atom stereocenters. The van der Waals surface area contributed by atoms with E-state index in [1.165, 1.54) is 19.3 Å². The molecule has 1 aromatic heterocycles. The van der Waals surface area contributed by atoms with Gasteiger partial charge in [-0.2, -0.15) is 5.26 Å². The summed E-state index contributed by atoms with van der Waals surface area (Å²) in [7, 11) is 0. The lowest BCUT2D eigenvalue weighted by molar-refractivity contribution is 0.280. The van der Waals surface area contributed by atoms with Crippen LogP contribution in [0.1, 0.15) is 49.9 Å². The van der Waals surface area contributed by atoms with Crippen molar-refractivity contribution >= 4 is 5.82 Å². The first kappa shape index (κ1) is 13.9. The molecule has 1 aromatic rings. The van der Waals surface area contributed by atoms with E-state index in [1.54, 1.807) is 0 Å². The maximum atomic E-state index is 9.29. The predicted molar refractivity (Wildman–Crippen MR) is 78.0 cm³/mol. The van der Waals surface area contributed by atoms with E-state index >= 15 is 0 Å². The van der Waals surface area contributed by atoms with Crippen LogP contribution in [0.2, 0.25) is 0 Å². The fourth-order valence-electron chi connectivity index (χ4n) is 3.34. The zero-order valence-corrected chi connectivity index (χ0v) is 12.3. The van der Waals surface area contributed by atoms with Crippen LogP contribution in [0.4, 0.5) is 5.82 Å². The number of hydrogen-bond acceptors (Lipinski definition) is 3. The minimum Gasteiger partial charge on any atom is -0.366 e. The molecule has 3 heteroatoms. The van der Waals surface area contributed by atoms with Gasteiger partial charge in [-0.25, -0.2) is 4.98 Å². The smallest absolute Gasteiger partial charge is 0.144 e. The Morgan fingerprint density at radius 1 is 1.21 bits per heavy atom. The third-order valence-corrected chi connectivity index (χ3v) is 3.98. The Morgan fingerprint density at radius 2 is 1.84 bits per heavy atom. The highest BCUT2D eigenvalue weighted by Gasteiger charge is 2.24. The van der Waals surface area contributed by atoms with Crippen LogP contribution in [0.3, 0.4) is 0 Å². The van der Waals surface area contributed by atoms with Gasteiger partial charge in [0.1, 0.15) is 11.9 Å². The second kappa shape index (κ2) is 5.61. The van der Waals surface area contributed by atoms with Gasteiger partial charge in [0, 0.05) is 11.7 Å². The highest BCUT2D eigenvalue weighted by atomic mass is 15.0. The summed E-state index contributed by atoms with van der Waals surface area (Å²) in [5, 5.41) is 12.8. The molecule has 2 atom stereocenters. The molecule has 0 amide bonds. The van der Waals surface area contributed by atoms with Gasteiger partial charge in [0.25, 0.3) is 0 Å². The maximum absolute atomic E-state index is 9.29. The van der Waals surface area contributed by atoms with Gasteiger partial charge >= 0.3 is 0 Å². The molecule has 1 aliphatic rings. The highest BCUT2D eigenvalue weighted by Crippen LogP contribution is 2.31. The molecule has 1 fully saturated rings. The number of pyridine rings is 1. The quantitative estimate of drug-likeness (QED) is 0.876. The van der Waals surface area contributed by atoms with E-state index in [9.17, 15) is 5.26 Å². The molecule has 1 N–H and O–H groups in total. The van der Waals surface area contributed by atoms with Crippen LogP contribution in [0, 0.1) is 37.0 Å². The zero-order chi connectivity index (χ0) is 14.0. The first-order valence-corrected chi connectivity index (χ1v) is 7.14. The molecular weight excluding hydrogens is 234 g/mol. The standard InChI is InChI=1S/C16H23N3/c1-10-5-11(2)7-14(6-10)19-16-15(9-17)12(3)8-13(4)18-16/h8,10-11,14H,5-7H2,1-4H3,(H,18,19). The Bertz CT molecular complexity index is 491. The van der Waals surface area contributed by atoms with Crippen LogP contribution in [-0.2, 0) is 0 Å². The van der Waals surface area contributed by atoms with Gasteiger partial charge in [0.15, 0.2) is 0 Å². The number of nitrogens with zero attached hydrogens (tertiary/aromatic N) is 2. The molecule has 1 heterocycles. The summed E-state index contributed by atoms with van der Waals surface area (Å²) in [6, 6.07) is 4.69. The Kier molecular flexibility index (Phi) is 4.09. The molecule has 1 aliphatic carbocycles. The summed E-state index contributed by atoms with van der Waals surface area (Å²) in [6.45, 7) is 8.57. The van der Waals surface area contributed by atoms with Crippen LogP contribution in [0.15, 0.2) is 6.07 Å². The largest absolute Gasteiger partial charge is 0.366 e. The Labute approximate surface area is 116 Å². The minimum absolute atomic E-state index is 0.444. The maximum Gasteiger partial charge on any atom is 0.144 e. The predicted octanol–water partition coefficient (Wildman–Crippen LogP) is 3.81. The van der Waals surface area contributed by atoms with Crippen LogP contribution in [-0.4, -0.2) is 11.0 Å². The Morgan fingerprint density at radius 3 is 2.42 bits per heavy atom. The number of nitrogens with one attached hydrogen (secondary N) is 1. The van der Waals surface area contributed by atoms with Crippen LogP contribution in [0.25, 0.3) is 0 Å². The van der Waals surface area contributed by atoms with Crippen molar-refractivity contribution in [3.05, 3.63) is 22.9 Å². The second-order valence-corrected chi connectivity index (χ2v) is 6.17. The minimum atomic E-state index is 0.444. The van der Waals surface area contributed by atoms with Crippen LogP contribution >= 0.6 is 0 Å². The third kappa shape index (κ3) is 3.26. The van der Waals surface area contributed by atoms with E-state index in [2.05, 4.69) is 30.2 Å². The van der Waals surface area contributed by atoms with E-state index in [-0.39, 0.29) is 0 Å².